The quantitative estimate of drug-likeness (QED) is 0.679. The summed E-state index contributed by atoms with van der Waals surface area (Å²) in [5.74, 6) is -0.160. The van der Waals surface area contributed by atoms with Crippen LogP contribution >= 0.6 is 0 Å². The summed E-state index contributed by atoms with van der Waals surface area (Å²) in [7, 11) is 1.15. The van der Waals surface area contributed by atoms with Crippen molar-refractivity contribution in [2.75, 3.05) is 25.1 Å². The van der Waals surface area contributed by atoms with Gasteiger partial charge in [-0.1, -0.05) is 20.8 Å². The number of ether oxygens (including phenoxy) is 2. The van der Waals surface area contributed by atoms with Crippen LogP contribution in [0.2, 0.25) is 0 Å². The Hall–Kier alpha value is -3.31. The standard InChI is InChI=1S/C23H28F3N5O4/c1-22(2,3)18-17(6-8-31(18)21(32)33)35-19-14-11-30(7-5-16(14)28-12-29-19)13-9-15(23(24,25)26)20(34-4)27-10-13/h9-10,12,17-18H,5-8,11H2,1-4H3,(H,32,33)/t17?,18-/m1/s1. The molecule has 12 heteroatoms. The van der Waals surface area contributed by atoms with Gasteiger partial charge in [0.25, 0.3) is 0 Å². The van der Waals surface area contributed by atoms with Crippen molar-refractivity contribution in [3.05, 3.63) is 35.4 Å². The Morgan fingerprint density at radius 3 is 2.51 bits per heavy atom. The molecular formula is C23H28F3N5O4. The lowest BCUT2D eigenvalue weighted by Crippen LogP contribution is -2.49. The number of pyridine rings is 1. The van der Waals surface area contributed by atoms with Crippen LogP contribution < -0.4 is 14.4 Å². The van der Waals surface area contributed by atoms with Gasteiger partial charge >= 0.3 is 12.3 Å². The van der Waals surface area contributed by atoms with Gasteiger partial charge in [0.2, 0.25) is 11.8 Å². The van der Waals surface area contributed by atoms with Gasteiger partial charge in [0, 0.05) is 25.9 Å². The van der Waals surface area contributed by atoms with Gasteiger partial charge in [-0.25, -0.2) is 19.7 Å². The molecule has 4 rings (SSSR count). The highest BCUT2D eigenvalue weighted by Gasteiger charge is 2.46. The zero-order valence-corrected chi connectivity index (χ0v) is 20.0. The molecule has 0 bridgehead atoms. The minimum atomic E-state index is -4.61. The molecule has 1 N–H and O–H groups in total. The number of methoxy groups -OCH3 is 1. The lowest BCUT2D eigenvalue weighted by Gasteiger charge is -2.37. The number of likely N-dealkylation sites (tertiary alicyclic amines) is 1. The topological polar surface area (TPSA) is 101 Å². The van der Waals surface area contributed by atoms with Crippen molar-refractivity contribution >= 4 is 11.8 Å². The number of carboxylic acid groups (broad SMARTS) is 1. The molecule has 2 aromatic heterocycles. The number of hydrogen-bond donors (Lipinski definition) is 1. The summed E-state index contributed by atoms with van der Waals surface area (Å²) in [6, 6.07) is 0.642. The van der Waals surface area contributed by atoms with Gasteiger partial charge in [-0.3, -0.25) is 0 Å². The van der Waals surface area contributed by atoms with Crippen molar-refractivity contribution in [3.63, 3.8) is 0 Å². The van der Waals surface area contributed by atoms with E-state index in [2.05, 4.69) is 15.0 Å². The average molecular weight is 496 g/mol. The maximum atomic E-state index is 13.5. The molecular weight excluding hydrogens is 467 g/mol. The number of rotatable bonds is 4. The normalized spacial score (nSPS) is 20.5. The van der Waals surface area contributed by atoms with Gasteiger partial charge in [0.05, 0.1) is 42.8 Å². The molecule has 35 heavy (non-hydrogen) atoms. The molecule has 1 saturated heterocycles. The van der Waals surface area contributed by atoms with Crippen molar-refractivity contribution in [2.24, 2.45) is 5.41 Å². The summed E-state index contributed by atoms with van der Waals surface area (Å²) in [6.45, 7) is 6.89. The fourth-order valence-corrected chi connectivity index (χ4v) is 4.89. The number of amides is 1. The Morgan fingerprint density at radius 1 is 1.14 bits per heavy atom. The highest BCUT2D eigenvalue weighted by atomic mass is 19.4. The first-order chi connectivity index (χ1) is 16.4. The number of fused-ring (bicyclic) bond motifs is 1. The van der Waals surface area contributed by atoms with Crippen molar-refractivity contribution in [3.8, 4) is 11.8 Å². The Labute approximate surface area is 200 Å². The third-order valence-corrected chi connectivity index (χ3v) is 6.40. The smallest absolute Gasteiger partial charge is 0.421 e. The molecule has 0 aliphatic carbocycles. The number of aromatic nitrogens is 3. The molecule has 0 spiro atoms. The molecule has 2 aromatic rings. The van der Waals surface area contributed by atoms with Crippen molar-refractivity contribution in [1.29, 1.82) is 0 Å². The predicted molar refractivity (Wildman–Crippen MR) is 120 cm³/mol. The van der Waals surface area contributed by atoms with Crippen LogP contribution in [0.15, 0.2) is 18.6 Å². The van der Waals surface area contributed by atoms with Crippen LogP contribution in [0.5, 0.6) is 11.8 Å². The third-order valence-electron chi connectivity index (χ3n) is 6.40. The molecule has 2 aliphatic rings. The first-order valence-electron chi connectivity index (χ1n) is 11.2. The molecule has 0 radical (unpaired) electrons. The third kappa shape index (κ3) is 4.92. The zero-order chi connectivity index (χ0) is 25.5. The van der Waals surface area contributed by atoms with E-state index in [1.54, 1.807) is 4.90 Å². The van der Waals surface area contributed by atoms with Crippen LogP contribution in [0.1, 0.15) is 44.0 Å². The molecule has 0 aromatic carbocycles. The van der Waals surface area contributed by atoms with E-state index in [0.29, 0.717) is 43.1 Å². The lowest BCUT2D eigenvalue weighted by atomic mass is 9.84. The number of carbonyl (C=O) groups is 1. The summed E-state index contributed by atoms with van der Waals surface area (Å²) in [6.07, 6.45) is -2.29. The molecule has 1 amide bonds. The molecule has 2 atom stereocenters. The van der Waals surface area contributed by atoms with E-state index < -0.39 is 29.8 Å². The molecule has 9 nitrogen and oxygen atoms in total. The monoisotopic (exact) mass is 495 g/mol. The van der Waals surface area contributed by atoms with E-state index in [4.69, 9.17) is 9.47 Å². The van der Waals surface area contributed by atoms with Crippen LogP contribution in [0.25, 0.3) is 0 Å². The first-order valence-corrected chi connectivity index (χ1v) is 11.2. The Balaban J connectivity index is 1.62. The van der Waals surface area contributed by atoms with Gasteiger partial charge in [-0.05, 0) is 11.5 Å². The summed E-state index contributed by atoms with van der Waals surface area (Å²) in [4.78, 5) is 27.4. The fourth-order valence-electron chi connectivity index (χ4n) is 4.89. The number of hydrogen-bond acceptors (Lipinski definition) is 7. The summed E-state index contributed by atoms with van der Waals surface area (Å²) in [5, 5.41) is 9.64. The van der Waals surface area contributed by atoms with Crippen molar-refractivity contribution in [2.45, 2.75) is 58.5 Å². The van der Waals surface area contributed by atoms with E-state index in [9.17, 15) is 23.1 Å². The van der Waals surface area contributed by atoms with Gasteiger partial charge in [0.15, 0.2) is 0 Å². The fraction of sp³-hybridized carbons (Fsp3) is 0.565. The van der Waals surface area contributed by atoms with E-state index in [1.807, 2.05) is 20.8 Å². The maximum Gasteiger partial charge on any atom is 0.421 e. The van der Waals surface area contributed by atoms with E-state index in [1.165, 1.54) is 17.4 Å². The maximum absolute atomic E-state index is 13.5. The van der Waals surface area contributed by atoms with Crippen molar-refractivity contribution < 1.29 is 32.5 Å². The Morgan fingerprint density at radius 2 is 1.89 bits per heavy atom. The molecule has 190 valence electrons. The van der Waals surface area contributed by atoms with Crippen LogP contribution in [-0.4, -0.2) is 63.4 Å². The Kier molecular flexibility index (Phi) is 6.41. The second-order valence-corrected chi connectivity index (χ2v) is 9.76. The highest BCUT2D eigenvalue weighted by molar-refractivity contribution is 5.66. The largest absolute Gasteiger partial charge is 0.481 e. The molecule has 1 fully saturated rings. The zero-order valence-electron chi connectivity index (χ0n) is 20.0. The minimum Gasteiger partial charge on any atom is -0.481 e. The lowest BCUT2D eigenvalue weighted by molar-refractivity contribution is -0.139. The van der Waals surface area contributed by atoms with Crippen LogP contribution in [0.4, 0.5) is 23.7 Å². The van der Waals surface area contributed by atoms with Gasteiger partial charge < -0.3 is 24.4 Å². The first kappa shape index (κ1) is 24.8. The minimum absolute atomic E-state index is 0.229. The van der Waals surface area contributed by atoms with Gasteiger partial charge in [-0.2, -0.15) is 13.2 Å². The number of alkyl halides is 3. The van der Waals surface area contributed by atoms with Gasteiger partial charge in [0.1, 0.15) is 18.0 Å². The molecule has 0 saturated carbocycles. The summed E-state index contributed by atoms with van der Waals surface area (Å²) < 4.78 is 51.6. The summed E-state index contributed by atoms with van der Waals surface area (Å²) >= 11 is 0. The number of nitrogens with zero attached hydrogens (tertiary/aromatic N) is 5. The number of halogens is 3. The highest BCUT2D eigenvalue weighted by Crippen LogP contribution is 2.39. The van der Waals surface area contributed by atoms with Crippen molar-refractivity contribution in [1.82, 2.24) is 19.9 Å². The van der Waals surface area contributed by atoms with E-state index >= 15 is 0 Å². The Bertz CT molecular complexity index is 1110. The molecule has 4 heterocycles. The predicted octanol–water partition coefficient (Wildman–Crippen LogP) is 4.01. The van der Waals surface area contributed by atoms with Gasteiger partial charge in [-0.15, -0.1) is 0 Å². The number of anilines is 1. The van der Waals surface area contributed by atoms with E-state index in [0.717, 1.165) is 18.9 Å². The summed E-state index contributed by atoms with van der Waals surface area (Å²) in [5.41, 5.74) is 0.399. The van der Waals surface area contributed by atoms with Crippen LogP contribution in [0.3, 0.4) is 0 Å². The SMILES string of the molecule is COc1ncc(N2CCc3ncnc(OC4CCN(C(=O)O)[C@H]4C(C)(C)C)c3C2)cc1C(F)(F)F. The van der Waals surface area contributed by atoms with Crippen LogP contribution in [-0.2, 0) is 19.1 Å². The molecule has 2 aliphatic heterocycles. The second-order valence-electron chi connectivity index (χ2n) is 9.76. The average Bonchev–Trinajstić information content (AvgIpc) is 3.23. The molecule has 1 unspecified atom stereocenters. The second kappa shape index (κ2) is 9.04. The van der Waals surface area contributed by atoms with Crippen LogP contribution in [0, 0.1) is 5.41 Å². The van der Waals surface area contributed by atoms with E-state index in [-0.39, 0.29) is 18.0 Å².